The highest BCUT2D eigenvalue weighted by Crippen LogP contribution is 2.07. The van der Waals surface area contributed by atoms with Crippen molar-refractivity contribution in [1.29, 1.82) is 0 Å². The van der Waals surface area contributed by atoms with Gasteiger partial charge in [-0.3, -0.25) is 0 Å². The summed E-state index contributed by atoms with van der Waals surface area (Å²) in [4.78, 5) is 0. The van der Waals surface area contributed by atoms with E-state index in [2.05, 4.69) is 20.0 Å². The second kappa shape index (κ2) is 4.50. The summed E-state index contributed by atoms with van der Waals surface area (Å²) in [6.07, 6.45) is 0. The Labute approximate surface area is 79.9 Å². The summed E-state index contributed by atoms with van der Waals surface area (Å²) in [5.41, 5.74) is 0.594. The molecule has 0 amide bonds. The van der Waals surface area contributed by atoms with Crippen molar-refractivity contribution < 1.29 is 13.5 Å². The number of halogens is 1. The lowest BCUT2D eigenvalue weighted by Gasteiger charge is -2.07. The Morgan fingerprint density at radius 3 is 2.67 bits per heavy atom. The van der Waals surface area contributed by atoms with Gasteiger partial charge in [-0.2, -0.15) is 0 Å². The van der Waals surface area contributed by atoms with Crippen LogP contribution in [0.5, 0.6) is 5.75 Å². The first kappa shape index (κ1) is 9.57. The van der Waals surface area contributed by atoms with E-state index < -0.39 is 7.12 Å². The number of hydrogen-bond donors (Lipinski definition) is 1. The predicted octanol–water partition coefficient (Wildman–Crippen LogP) is 0.709. The lowest BCUT2D eigenvalue weighted by atomic mass is 9.80. The Kier molecular flexibility index (Phi) is 3.59. The SMILES string of the molecule is COc1ccccc1B(O)OBr. The molecule has 1 aromatic carbocycles. The van der Waals surface area contributed by atoms with E-state index in [1.807, 2.05) is 6.07 Å². The van der Waals surface area contributed by atoms with Crippen LogP contribution in [0.1, 0.15) is 0 Å². The van der Waals surface area contributed by atoms with Gasteiger partial charge in [0.05, 0.1) is 23.4 Å². The molecular formula is C7H8BBrO3. The van der Waals surface area contributed by atoms with Crippen LogP contribution in [0.25, 0.3) is 0 Å². The van der Waals surface area contributed by atoms with Crippen LogP contribution in [-0.2, 0) is 3.75 Å². The third-order valence-electron chi connectivity index (χ3n) is 1.49. The summed E-state index contributed by atoms with van der Waals surface area (Å²) in [6, 6.07) is 7.10. The maximum atomic E-state index is 9.29. The number of benzene rings is 1. The van der Waals surface area contributed by atoms with Crippen molar-refractivity contribution in [3.63, 3.8) is 0 Å². The second-order valence-electron chi connectivity index (χ2n) is 2.18. The summed E-state index contributed by atoms with van der Waals surface area (Å²) >= 11 is 2.71. The molecule has 0 atom stereocenters. The molecule has 0 bridgehead atoms. The van der Waals surface area contributed by atoms with Gasteiger partial charge < -0.3 is 13.5 Å². The molecule has 0 heterocycles. The van der Waals surface area contributed by atoms with E-state index in [9.17, 15) is 5.02 Å². The van der Waals surface area contributed by atoms with Crippen molar-refractivity contribution in [2.24, 2.45) is 0 Å². The van der Waals surface area contributed by atoms with Gasteiger partial charge in [0.2, 0.25) is 0 Å². The minimum Gasteiger partial charge on any atom is -0.497 e. The average molecular weight is 231 g/mol. The molecule has 64 valence electrons. The normalized spacial score (nSPS) is 9.58. The summed E-state index contributed by atoms with van der Waals surface area (Å²) in [6.45, 7) is 0. The molecule has 0 spiro atoms. The Morgan fingerprint density at radius 1 is 1.42 bits per heavy atom. The Morgan fingerprint density at radius 2 is 2.08 bits per heavy atom. The van der Waals surface area contributed by atoms with E-state index in [0.29, 0.717) is 11.2 Å². The minimum atomic E-state index is -0.999. The molecule has 3 nitrogen and oxygen atoms in total. The van der Waals surface area contributed by atoms with Crippen molar-refractivity contribution in [3.05, 3.63) is 24.3 Å². The summed E-state index contributed by atoms with van der Waals surface area (Å²) in [5, 5.41) is 9.29. The largest absolute Gasteiger partial charge is 0.506 e. The van der Waals surface area contributed by atoms with E-state index >= 15 is 0 Å². The molecule has 1 aromatic rings. The van der Waals surface area contributed by atoms with Gasteiger partial charge in [-0.1, -0.05) is 18.2 Å². The molecule has 0 aliphatic rings. The zero-order valence-corrected chi connectivity index (χ0v) is 8.11. The van der Waals surface area contributed by atoms with Gasteiger partial charge in [-0.25, -0.2) is 0 Å². The number of hydrogen-bond acceptors (Lipinski definition) is 3. The maximum absolute atomic E-state index is 9.29. The second-order valence-corrected chi connectivity index (χ2v) is 2.56. The fraction of sp³-hybridized carbons (Fsp3) is 0.143. The van der Waals surface area contributed by atoms with Gasteiger partial charge in [0.25, 0.3) is 0 Å². The molecule has 0 unspecified atom stereocenters. The number of rotatable bonds is 3. The van der Waals surface area contributed by atoms with Crippen LogP contribution >= 0.6 is 16.3 Å². The van der Waals surface area contributed by atoms with Gasteiger partial charge in [0.15, 0.2) is 0 Å². The van der Waals surface area contributed by atoms with Crippen LogP contribution in [0.3, 0.4) is 0 Å². The first-order chi connectivity index (χ1) is 5.79. The van der Waals surface area contributed by atoms with E-state index in [1.54, 1.807) is 25.3 Å². The highest BCUT2D eigenvalue weighted by atomic mass is 79.9. The molecule has 0 aliphatic carbocycles. The van der Waals surface area contributed by atoms with Crippen molar-refractivity contribution in [1.82, 2.24) is 0 Å². The zero-order chi connectivity index (χ0) is 8.97. The first-order valence-corrected chi connectivity index (χ1v) is 4.02. The lowest BCUT2D eigenvalue weighted by Crippen LogP contribution is -2.31. The zero-order valence-electron chi connectivity index (χ0n) is 6.53. The van der Waals surface area contributed by atoms with Gasteiger partial charge in [-0.15, -0.1) is 0 Å². The first-order valence-electron chi connectivity index (χ1n) is 3.38. The summed E-state index contributed by atoms with van der Waals surface area (Å²) < 4.78 is 9.57. The van der Waals surface area contributed by atoms with Crippen LogP contribution in [0.4, 0.5) is 0 Å². The van der Waals surface area contributed by atoms with E-state index in [1.165, 1.54) is 0 Å². The molecule has 0 aromatic heterocycles. The standard InChI is InChI=1S/C7H8BBrO3/c1-11-7-5-3-2-4-6(7)8(10)12-9/h2-5,10H,1H3. The Bertz CT molecular complexity index is 256. The molecular weight excluding hydrogens is 223 g/mol. The fourth-order valence-corrected chi connectivity index (χ4v) is 1.12. The molecule has 1 rings (SSSR count). The van der Waals surface area contributed by atoms with Crippen LogP contribution in [0.15, 0.2) is 24.3 Å². The Hall–Kier alpha value is -0.515. The molecule has 0 saturated heterocycles. The summed E-state index contributed by atoms with van der Waals surface area (Å²) in [5.74, 6) is 0.601. The van der Waals surface area contributed by atoms with Crippen molar-refractivity contribution in [3.8, 4) is 5.75 Å². The molecule has 0 saturated carbocycles. The van der Waals surface area contributed by atoms with E-state index in [4.69, 9.17) is 4.74 Å². The van der Waals surface area contributed by atoms with Crippen LogP contribution in [0, 0.1) is 0 Å². The monoisotopic (exact) mass is 230 g/mol. The van der Waals surface area contributed by atoms with Crippen molar-refractivity contribution >= 4 is 28.8 Å². The lowest BCUT2D eigenvalue weighted by molar-refractivity contribution is 0.413. The predicted molar refractivity (Wildman–Crippen MR) is 50.6 cm³/mol. The van der Waals surface area contributed by atoms with E-state index in [0.717, 1.165) is 0 Å². The highest BCUT2D eigenvalue weighted by molar-refractivity contribution is 9.06. The van der Waals surface area contributed by atoms with Gasteiger partial charge in [-0.05, 0) is 6.07 Å². The molecule has 1 N–H and O–H groups in total. The molecule has 12 heavy (non-hydrogen) atoms. The summed E-state index contributed by atoms with van der Waals surface area (Å²) in [7, 11) is 0.543. The highest BCUT2D eigenvalue weighted by Gasteiger charge is 2.19. The molecule has 5 heteroatoms. The molecule has 0 radical (unpaired) electrons. The third kappa shape index (κ3) is 2.00. The molecule has 0 aliphatic heterocycles. The Balaban J connectivity index is 2.96. The topological polar surface area (TPSA) is 38.7 Å². The van der Waals surface area contributed by atoms with Gasteiger partial charge in [0, 0.05) is 5.46 Å². The van der Waals surface area contributed by atoms with E-state index in [-0.39, 0.29) is 0 Å². The fourth-order valence-electron chi connectivity index (χ4n) is 0.918. The number of methoxy groups -OCH3 is 1. The van der Waals surface area contributed by atoms with Crippen LogP contribution in [0.2, 0.25) is 0 Å². The van der Waals surface area contributed by atoms with Crippen LogP contribution in [-0.4, -0.2) is 19.3 Å². The number of ether oxygens (including phenoxy) is 1. The van der Waals surface area contributed by atoms with Gasteiger partial charge in [0.1, 0.15) is 5.75 Å². The third-order valence-corrected chi connectivity index (χ3v) is 1.84. The van der Waals surface area contributed by atoms with Crippen molar-refractivity contribution in [2.45, 2.75) is 0 Å². The van der Waals surface area contributed by atoms with Crippen molar-refractivity contribution in [2.75, 3.05) is 7.11 Å². The minimum absolute atomic E-state index is 0.594. The maximum Gasteiger partial charge on any atom is 0.506 e. The van der Waals surface area contributed by atoms with Gasteiger partial charge >= 0.3 is 7.12 Å². The quantitative estimate of drug-likeness (QED) is 0.778. The molecule has 0 fully saturated rings. The smallest absolute Gasteiger partial charge is 0.497 e. The number of para-hydroxylation sites is 1. The van der Waals surface area contributed by atoms with Crippen LogP contribution < -0.4 is 10.2 Å². The average Bonchev–Trinajstić information content (AvgIpc) is 2.16.